The number of hydrogen-bond donors (Lipinski definition) is 1. The molecule has 1 saturated carbocycles. The van der Waals surface area contributed by atoms with Gasteiger partial charge in [0.25, 0.3) is 0 Å². The van der Waals surface area contributed by atoms with E-state index in [0.29, 0.717) is 0 Å². The molecule has 0 aromatic heterocycles. The molecule has 3 atom stereocenters. The Labute approximate surface area is 73.7 Å². The van der Waals surface area contributed by atoms with E-state index in [1.54, 1.807) is 0 Å². The van der Waals surface area contributed by atoms with E-state index in [0.717, 1.165) is 37.0 Å². The monoisotopic (exact) mass is 167 g/mol. The second-order valence-electron chi connectivity index (χ2n) is 4.56. The molecule has 1 aliphatic carbocycles. The Bertz CT molecular complexity index is 171. The number of rotatable bonds is 2. The first kappa shape index (κ1) is 7.34. The molecule has 0 spiro atoms. The zero-order valence-corrected chi connectivity index (χ0v) is 7.46. The highest BCUT2D eigenvalue weighted by Crippen LogP contribution is 2.44. The van der Waals surface area contributed by atoms with Crippen LogP contribution in [0.2, 0.25) is 0 Å². The van der Waals surface area contributed by atoms with Crippen molar-refractivity contribution in [3.8, 4) is 0 Å². The maximum atomic E-state index is 5.42. The lowest BCUT2D eigenvalue weighted by atomic mass is 9.78. The molecule has 2 nitrogen and oxygen atoms in total. The number of ether oxygens (including phenoxy) is 1. The quantitative estimate of drug-likeness (QED) is 0.663. The van der Waals surface area contributed by atoms with E-state index >= 15 is 0 Å². The summed E-state index contributed by atoms with van der Waals surface area (Å²) >= 11 is 0. The van der Waals surface area contributed by atoms with Crippen LogP contribution in [0.1, 0.15) is 19.3 Å². The average molecular weight is 167 g/mol. The number of hydrogen-bond acceptors (Lipinski definition) is 2. The van der Waals surface area contributed by atoms with Gasteiger partial charge in [0, 0.05) is 18.6 Å². The molecule has 1 N–H and O–H groups in total. The molecule has 2 aliphatic heterocycles. The van der Waals surface area contributed by atoms with Crippen molar-refractivity contribution in [1.29, 1.82) is 0 Å². The van der Waals surface area contributed by atoms with Gasteiger partial charge in [0.05, 0.1) is 6.61 Å². The van der Waals surface area contributed by atoms with Crippen LogP contribution < -0.4 is 5.32 Å². The van der Waals surface area contributed by atoms with Crippen molar-refractivity contribution in [3.63, 3.8) is 0 Å². The summed E-state index contributed by atoms with van der Waals surface area (Å²) in [6.07, 6.45) is 4.29. The molecule has 0 aromatic carbocycles. The van der Waals surface area contributed by atoms with Crippen LogP contribution in [0, 0.1) is 17.8 Å². The van der Waals surface area contributed by atoms with Gasteiger partial charge in [-0.1, -0.05) is 0 Å². The van der Waals surface area contributed by atoms with E-state index in [1.807, 2.05) is 0 Å². The van der Waals surface area contributed by atoms with Gasteiger partial charge in [0.15, 0.2) is 0 Å². The third kappa shape index (κ3) is 1.09. The molecule has 68 valence electrons. The van der Waals surface area contributed by atoms with Gasteiger partial charge in [-0.2, -0.15) is 0 Å². The summed E-state index contributed by atoms with van der Waals surface area (Å²) in [7, 11) is 0. The molecular weight excluding hydrogens is 150 g/mol. The SMILES string of the molecule is C1CC(C2NCC2C2CC2)CO1. The summed E-state index contributed by atoms with van der Waals surface area (Å²) in [6.45, 7) is 3.30. The molecule has 12 heavy (non-hydrogen) atoms. The molecule has 3 aliphatic rings. The Hall–Kier alpha value is -0.0800. The Morgan fingerprint density at radius 3 is 2.50 bits per heavy atom. The lowest BCUT2D eigenvalue weighted by Gasteiger charge is -2.42. The van der Waals surface area contributed by atoms with Crippen LogP contribution in [0.5, 0.6) is 0 Å². The highest BCUT2D eigenvalue weighted by Gasteiger charge is 2.45. The van der Waals surface area contributed by atoms with Crippen molar-refractivity contribution in [1.82, 2.24) is 5.32 Å². The van der Waals surface area contributed by atoms with Gasteiger partial charge in [0.2, 0.25) is 0 Å². The molecular formula is C10H17NO. The maximum Gasteiger partial charge on any atom is 0.0510 e. The average Bonchev–Trinajstić information content (AvgIpc) is 2.65. The predicted octanol–water partition coefficient (Wildman–Crippen LogP) is 1.02. The van der Waals surface area contributed by atoms with E-state index in [1.165, 1.54) is 25.8 Å². The van der Waals surface area contributed by atoms with Crippen LogP contribution in [-0.2, 0) is 4.74 Å². The Morgan fingerprint density at radius 2 is 2.00 bits per heavy atom. The molecule has 2 heterocycles. The smallest absolute Gasteiger partial charge is 0.0510 e. The molecule has 2 saturated heterocycles. The third-order valence-electron chi connectivity index (χ3n) is 3.75. The van der Waals surface area contributed by atoms with Crippen molar-refractivity contribution in [3.05, 3.63) is 0 Å². The van der Waals surface area contributed by atoms with Crippen LogP contribution in [0.25, 0.3) is 0 Å². The summed E-state index contributed by atoms with van der Waals surface area (Å²) in [6, 6.07) is 0.819. The van der Waals surface area contributed by atoms with Gasteiger partial charge >= 0.3 is 0 Å². The normalized spacial score (nSPS) is 47.5. The second kappa shape index (κ2) is 2.71. The first-order chi connectivity index (χ1) is 5.95. The summed E-state index contributed by atoms with van der Waals surface area (Å²) < 4.78 is 5.42. The minimum Gasteiger partial charge on any atom is -0.381 e. The third-order valence-corrected chi connectivity index (χ3v) is 3.75. The van der Waals surface area contributed by atoms with Crippen molar-refractivity contribution < 1.29 is 4.74 Å². The Morgan fingerprint density at radius 1 is 1.08 bits per heavy atom. The van der Waals surface area contributed by atoms with Crippen molar-refractivity contribution >= 4 is 0 Å². The van der Waals surface area contributed by atoms with Crippen LogP contribution in [0.4, 0.5) is 0 Å². The largest absolute Gasteiger partial charge is 0.381 e. The molecule has 3 unspecified atom stereocenters. The molecule has 3 fully saturated rings. The van der Waals surface area contributed by atoms with Gasteiger partial charge in [-0.05, 0) is 37.6 Å². The highest BCUT2D eigenvalue weighted by atomic mass is 16.5. The molecule has 2 heteroatoms. The van der Waals surface area contributed by atoms with Crippen molar-refractivity contribution in [2.45, 2.75) is 25.3 Å². The van der Waals surface area contributed by atoms with Crippen LogP contribution >= 0.6 is 0 Å². The van der Waals surface area contributed by atoms with Crippen molar-refractivity contribution in [2.24, 2.45) is 17.8 Å². The van der Waals surface area contributed by atoms with E-state index in [2.05, 4.69) is 5.32 Å². The van der Waals surface area contributed by atoms with Gasteiger partial charge in [-0.25, -0.2) is 0 Å². The lowest BCUT2D eigenvalue weighted by Crippen LogP contribution is -2.57. The summed E-state index contributed by atoms with van der Waals surface area (Å²) in [5.74, 6) is 2.93. The van der Waals surface area contributed by atoms with Crippen LogP contribution in [-0.4, -0.2) is 25.8 Å². The second-order valence-corrected chi connectivity index (χ2v) is 4.56. The summed E-state index contributed by atoms with van der Waals surface area (Å²) in [5, 5.41) is 3.58. The fourth-order valence-corrected chi connectivity index (χ4v) is 2.73. The van der Waals surface area contributed by atoms with E-state index < -0.39 is 0 Å². The van der Waals surface area contributed by atoms with E-state index in [-0.39, 0.29) is 0 Å². The minimum atomic E-state index is 0.819. The van der Waals surface area contributed by atoms with Gasteiger partial charge < -0.3 is 10.1 Å². The van der Waals surface area contributed by atoms with Gasteiger partial charge in [-0.3, -0.25) is 0 Å². The zero-order valence-electron chi connectivity index (χ0n) is 7.46. The molecule has 0 aromatic rings. The first-order valence-corrected chi connectivity index (χ1v) is 5.26. The van der Waals surface area contributed by atoms with Crippen LogP contribution in [0.15, 0.2) is 0 Å². The van der Waals surface area contributed by atoms with Gasteiger partial charge in [0.1, 0.15) is 0 Å². The highest BCUT2D eigenvalue weighted by molar-refractivity contribution is 5.00. The van der Waals surface area contributed by atoms with Crippen LogP contribution in [0.3, 0.4) is 0 Å². The molecule has 3 rings (SSSR count). The molecule has 0 bridgehead atoms. The van der Waals surface area contributed by atoms with E-state index in [9.17, 15) is 0 Å². The van der Waals surface area contributed by atoms with Crippen molar-refractivity contribution in [2.75, 3.05) is 19.8 Å². The number of nitrogens with one attached hydrogen (secondary N) is 1. The predicted molar refractivity (Wildman–Crippen MR) is 46.9 cm³/mol. The maximum absolute atomic E-state index is 5.42. The van der Waals surface area contributed by atoms with E-state index in [4.69, 9.17) is 4.74 Å². The van der Waals surface area contributed by atoms with Gasteiger partial charge in [-0.15, -0.1) is 0 Å². The molecule has 0 amide bonds. The molecule has 0 radical (unpaired) electrons. The summed E-state index contributed by atoms with van der Waals surface area (Å²) in [4.78, 5) is 0. The fourth-order valence-electron chi connectivity index (χ4n) is 2.73. The topological polar surface area (TPSA) is 21.3 Å². The first-order valence-electron chi connectivity index (χ1n) is 5.26. The lowest BCUT2D eigenvalue weighted by molar-refractivity contribution is 0.116. The zero-order chi connectivity index (χ0) is 7.97. The fraction of sp³-hybridized carbons (Fsp3) is 1.00. The minimum absolute atomic E-state index is 0.819. The Kier molecular flexibility index (Phi) is 1.66. The Balaban J connectivity index is 1.60. The summed E-state index contributed by atoms with van der Waals surface area (Å²) in [5.41, 5.74) is 0. The standard InChI is InChI=1S/C10H17NO/c1-2-7(1)9-5-11-10(9)8-3-4-12-6-8/h7-11H,1-6H2.